The molecule has 10 heteroatoms. The normalized spacial score (nSPS) is 14.9. The van der Waals surface area contributed by atoms with Crippen molar-refractivity contribution in [2.45, 2.75) is 26.7 Å². The van der Waals surface area contributed by atoms with Crippen LogP contribution in [0, 0.1) is 6.92 Å². The molecule has 1 saturated heterocycles. The van der Waals surface area contributed by atoms with Crippen LogP contribution in [0.2, 0.25) is 0 Å². The van der Waals surface area contributed by atoms with E-state index in [-0.39, 0.29) is 5.91 Å². The van der Waals surface area contributed by atoms with Crippen LogP contribution >= 0.6 is 11.5 Å². The third kappa shape index (κ3) is 5.47. The molecule has 2 aromatic rings. The Morgan fingerprint density at radius 1 is 1.28 bits per heavy atom. The van der Waals surface area contributed by atoms with Crippen LogP contribution in [-0.2, 0) is 6.42 Å². The van der Waals surface area contributed by atoms with E-state index in [2.05, 4.69) is 41.7 Å². The van der Waals surface area contributed by atoms with E-state index in [1.165, 1.54) is 17.8 Å². The lowest BCUT2D eigenvalue weighted by Crippen LogP contribution is -2.52. The number of hydrogen-bond acceptors (Lipinski definition) is 7. The van der Waals surface area contributed by atoms with Gasteiger partial charge in [0.1, 0.15) is 5.82 Å². The molecule has 1 amide bonds. The topological polar surface area (TPSA) is 98.9 Å². The van der Waals surface area contributed by atoms with Gasteiger partial charge in [0.15, 0.2) is 11.7 Å². The molecule has 0 bridgehead atoms. The van der Waals surface area contributed by atoms with Gasteiger partial charge >= 0.3 is 0 Å². The first-order chi connectivity index (χ1) is 14.1. The first-order valence-electron chi connectivity index (χ1n) is 9.97. The van der Waals surface area contributed by atoms with Crippen molar-refractivity contribution in [3.05, 3.63) is 29.5 Å². The summed E-state index contributed by atoms with van der Waals surface area (Å²) in [6.07, 6.45) is 3.20. The molecule has 29 heavy (non-hydrogen) atoms. The molecule has 1 aliphatic rings. The summed E-state index contributed by atoms with van der Waals surface area (Å²) in [6, 6.07) is 1.79. The number of hydrogen-bond donors (Lipinski definition) is 2. The second kappa shape index (κ2) is 10.2. The molecular weight excluding hydrogens is 390 g/mol. The third-order valence-electron chi connectivity index (χ3n) is 4.83. The zero-order chi connectivity index (χ0) is 20.6. The smallest absolute Gasteiger partial charge is 0.287 e. The number of carbonyl (C=O) groups is 1. The highest BCUT2D eigenvalue weighted by molar-refractivity contribution is 7.09. The Kier molecular flexibility index (Phi) is 7.45. The fourth-order valence-electron chi connectivity index (χ4n) is 3.13. The Morgan fingerprint density at radius 3 is 2.66 bits per heavy atom. The van der Waals surface area contributed by atoms with Crippen LogP contribution < -0.4 is 15.5 Å². The van der Waals surface area contributed by atoms with E-state index in [9.17, 15) is 4.79 Å². The number of piperazine rings is 1. The lowest BCUT2D eigenvalue weighted by Gasteiger charge is -2.36. The summed E-state index contributed by atoms with van der Waals surface area (Å²) >= 11 is 1.48. The quantitative estimate of drug-likeness (QED) is 0.399. The van der Waals surface area contributed by atoms with Crippen molar-refractivity contribution in [3.63, 3.8) is 0 Å². The number of furan rings is 1. The predicted molar refractivity (Wildman–Crippen MR) is 115 cm³/mol. The molecule has 1 aliphatic heterocycles. The molecule has 2 aromatic heterocycles. The molecular formula is C19H29N7O2S. The zero-order valence-electron chi connectivity index (χ0n) is 17.3. The number of anilines is 1. The van der Waals surface area contributed by atoms with Crippen LogP contribution in [0.4, 0.5) is 5.13 Å². The van der Waals surface area contributed by atoms with Gasteiger partial charge in [-0.1, -0.05) is 6.92 Å². The van der Waals surface area contributed by atoms with Crippen LogP contribution in [0.15, 0.2) is 21.7 Å². The maximum atomic E-state index is 12.0. The van der Waals surface area contributed by atoms with Crippen molar-refractivity contribution < 1.29 is 9.21 Å². The number of carbonyl (C=O) groups excluding carboxylic acids is 1. The minimum Gasteiger partial charge on any atom is -0.459 e. The second-order valence-electron chi connectivity index (χ2n) is 6.84. The van der Waals surface area contributed by atoms with E-state index in [1.807, 2.05) is 6.92 Å². The van der Waals surface area contributed by atoms with Gasteiger partial charge in [-0.25, -0.2) is 4.98 Å². The first kappa shape index (κ1) is 21.1. The summed E-state index contributed by atoms with van der Waals surface area (Å²) in [6.45, 7) is 8.81. The summed E-state index contributed by atoms with van der Waals surface area (Å²) in [5, 5.41) is 7.27. The highest BCUT2D eigenvalue weighted by Gasteiger charge is 2.22. The minimum absolute atomic E-state index is 0.170. The minimum atomic E-state index is -0.170. The Hall–Kier alpha value is -2.62. The van der Waals surface area contributed by atoms with E-state index < -0.39 is 0 Å². The van der Waals surface area contributed by atoms with Crippen molar-refractivity contribution in [1.29, 1.82) is 0 Å². The Balaban J connectivity index is 1.36. The Bertz CT molecular complexity index is 824. The maximum absolute atomic E-state index is 12.0. The highest BCUT2D eigenvalue weighted by Crippen LogP contribution is 2.19. The molecule has 3 heterocycles. The molecule has 9 nitrogen and oxygen atoms in total. The van der Waals surface area contributed by atoms with Gasteiger partial charge in [-0.15, -0.1) is 0 Å². The summed E-state index contributed by atoms with van der Waals surface area (Å²) in [5.41, 5.74) is 0.847. The number of rotatable bonds is 7. The fraction of sp³-hybridized carbons (Fsp3) is 0.579. The van der Waals surface area contributed by atoms with Crippen LogP contribution in [0.1, 0.15) is 35.3 Å². The van der Waals surface area contributed by atoms with Gasteiger partial charge in [-0.2, -0.15) is 4.37 Å². The molecule has 0 aromatic carbocycles. The largest absolute Gasteiger partial charge is 0.459 e. The van der Waals surface area contributed by atoms with Gasteiger partial charge in [0, 0.05) is 69.8 Å². The van der Waals surface area contributed by atoms with Crippen molar-refractivity contribution in [3.8, 4) is 0 Å². The van der Waals surface area contributed by atoms with Crippen LogP contribution in [0.5, 0.6) is 0 Å². The summed E-state index contributed by atoms with van der Waals surface area (Å²) < 4.78 is 9.58. The zero-order valence-corrected chi connectivity index (χ0v) is 18.1. The van der Waals surface area contributed by atoms with Crippen LogP contribution in [-0.4, -0.2) is 72.4 Å². The fourth-order valence-corrected chi connectivity index (χ4v) is 3.94. The van der Waals surface area contributed by atoms with Gasteiger partial charge < -0.3 is 24.9 Å². The van der Waals surface area contributed by atoms with Crippen LogP contribution in [0.3, 0.4) is 0 Å². The average Bonchev–Trinajstić information content (AvgIpc) is 3.40. The monoisotopic (exact) mass is 419 g/mol. The van der Waals surface area contributed by atoms with Crippen molar-refractivity contribution in [2.75, 3.05) is 51.2 Å². The van der Waals surface area contributed by atoms with Crippen LogP contribution in [0.25, 0.3) is 0 Å². The number of nitrogens with zero attached hydrogens (tertiary/aromatic N) is 5. The first-order valence-corrected chi connectivity index (χ1v) is 10.7. The average molecular weight is 420 g/mol. The molecule has 2 N–H and O–H groups in total. The SMILES string of the molecule is CCc1nsc(N2CCN(C(=NC)NCCCNC(=O)c3occc3C)CC2)n1. The number of aryl methyl sites for hydroxylation is 2. The maximum Gasteiger partial charge on any atom is 0.287 e. The second-order valence-corrected chi connectivity index (χ2v) is 7.57. The summed E-state index contributed by atoms with van der Waals surface area (Å²) in [7, 11) is 1.80. The molecule has 0 radical (unpaired) electrons. The molecule has 0 spiro atoms. The van der Waals surface area contributed by atoms with Gasteiger partial charge in [-0.05, 0) is 19.4 Å². The van der Waals surface area contributed by atoms with E-state index in [0.717, 1.165) is 68.0 Å². The molecule has 0 aliphatic carbocycles. The standard InChI is InChI=1S/C19H29N7O2S/c1-4-15-23-19(29-24-15)26-11-9-25(10-12-26)18(20-3)22-8-5-7-21-17(27)16-14(2)6-13-28-16/h6,13H,4-5,7-12H2,1-3H3,(H,20,22)(H,21,27). The van der Waals surface area contributed by atoms with Crippen molar-refractivity contribution >= 4 is 28.5 Å². The van der Waals surface area contributed by atoms with E-state index in [0.29, 0.717) is 12.3 Å². The Morgan fingerprint density at radius 2 is 2.03 bits per heavy atom. The molecule has 0 saturated carbocycles. The summed E-state index contributed by atoms with van der Waals surface area (Å²) in [4.78, 5) is 25.5. The van der Waals surface area contributed by atoms with Crippen molar-refractivity contribution in [1.82, 2.24) is 24.9 Å². The van der Waals surface area contributed by atoms with E-state index in [1.54, 1.807) is 13.1 Å². The number of amides is 1. The molecule has 0 unspecified atom stereocenters. The van der Waals surface area contributed by atoms with Gasteiger partial charge in [0.05, 0.1) is 6.26 Å². The summed E-state index contributed by atoms with van der Waals surface area (Å²) in [5.74, 6) is 2.02. The molecule has 158 valence electrons. The third-order valence-corrected chi connectivity index (χ3v) is 5.64. The van der Waals surface area contributed by atoms with E-state index >= 15 is 0 Å². The number of aliphatic imine (C=N–C) groups is 1. The molecule has 3 rings (SSSR count). The lowest BCUT2D eigenvalue weighted by atomic mass is 10.2. The lowest BCUT2D eigenvalue weighted by molar-refractivity contribution is 0.0925. The van der Waals surface area contributed by atoms with E-state index in [4.69, 9.17) is 4.42 Å². The van der Waals surface area contributed by atoms with Crippen molar-refractivity contribution in [2.24, 2.45) is 4.99 Å². The van der Waals surface area contributed by atoms with Gasteiger partial charge in [0.2, 0.25) is 5.13 Å². The Labute approximate surface area is 175 Å². The van der Waals surface area contributed by atoms with Gasteiger partial charge in [0.25, 0.3) is 5.91 Å². The predicted octanol–water partition coefficient (Wildman–Crippen LogP) is 1.52. The number of aromatic nitrogens is 2. The van der Waals surface area contributed by atoms with Gasteiger partial charge in [-0.3, -0.25) is 9.79 Å². The molecule has 0 atom stereocenters. The number of guanidine groups is 1. The molecule has 1 fully saturated rings. The highest BCUT2D eigenvalue weighted by atomic mass is 32.1. The number of nitrogens with one attached hydrogen (secondary N) is 2.